The van der Waals surface area contributed by atoms with Crippen LogP contribution in [0.5, 0.6) is 0 Å². The summed E-state index contributed by atoms with van der Waals surface area (Å²) in [5.41, 5.74) is 2.38. The van der Waals surface area contributed by atoms with Crippen LogP contribution in [0.4, 0.5) is 5.69 Å². The Morgan fingerprint density at radius 3 is 1.94 bits per heavy atom. The third-order valence-corrected chi connectivity index (χ3v) is 12.4. The van der Waals surface area contributed by atoms with Crippen molar-refractivity contribution in [2.45, 2.75) is 38.7 Å². The van der Waals surface area contributed by atoms with Crippen LogP contribution in [-0.4, -0.2) is 21.5 Å². The molecule has 4 rings (SSSR count). The van der Waals surface area contributed by atoms with E-state index in [1.807, 2.05) is 0 Å². The number of hydrogen-bond donors (Lipinski definition) is 1. The second-order valence-electron chi connectivity index (χ2n) is 10.1. The van der Waals surface area contributed by atoms with Gasteiger partial charge >= 0.3 is 0 Å². The molecule has 2 nitrogen and oxygen atoms in total. The minimum atomic E-state index is -2.43. The quantitative estimate of drug-likeness (QED) is 0.165. The molecule has 0 unspecified atom stereocenters. The Bertz CT molecular complexity index is 1160. The first-order chi connectivity index (χ1) is 17.5. The van der Waals surface area contributed by atoms with Crippen molar-refractivity contribution >= 4 is 47.9 Å². The third kappa shape index (κ3) is 6.44. The van der Waals surface area contributed by atoms with Crippen molar-refractivity contribution < 1.29 is 4.43 Å². The van der Waals surface area contributed by atoms with Gasteiger partial charge in [0.1, 0.15) is 0 Å². The summed E-state index contributed by atoms with van der Waals surface area (Å²) in [7, 11) is -2.43. The Kier molecular flexibility index (Phi) is 8.97. The number of nitrogens with one attached hydrogen (secondary N) is 1. The molecule has 0 amide bonds. The molecule has 0 saturated carbocycles. The molecule has 1 heterocycles. The molecule has 186 valence electrons. The summed E-state index contributed by atoms with van der Waals surface area (Å²) in [6.45, 7) is 8.70. The van der Waals surface area contributed by atoms with Crippen LogP contribution >= 0.6 is 11.3 Å². The van der Waals surface area contributed by atoms with Crippen molar-refractivity contribution in [1.29, 1.82) is 0 Å². The summed E-state index contributed by atoms with van der Waals surface area (Å²) in [5.74, 6) is 0. The topological polar surface area (TPSA) is 21.3 Å². The van der Waals surface area contributed by atoms with Gasteiger partial charge in [-0.3, -0.25) is 0 Å². The standard InChI is InChI=1S/C32H37NOSSi/c1-32(2,3)36(30-14-6-4-7-15-30,31-16-8-5-9-17-31)34-25-11-10-24-33-28-21-18-27(19-22-28)20-23-29-13-12-26-35-29/h4-9,12-23,26,33H,10-11,24-25H2,1-3H3. The Morgan fingerprint density at radius 1 is 0.750 bits per heavy atom. The molecule has 3 aromatic carbocycles. The Labute approximate surface area is 221 Å². The van der Waals surface area contributed by atoms with Crippen molar-refractivity contribution in [2.24, 2.45) is 0 Å². The lowest BCUT2D eigenvalue weighted by Crippen LogP contribution is -2.66. The number of anilines is 1. The molecule has 0 radical (unpaired) electrons. The second-order valence-corrected chi connectivity index (χ2v) is 15.4. The van der Waals surface area contributed by atoms with Gasteiger partial charge < -0.3 is 9.74 Å². The molecule has 1 aromatic heterocycles. The fourth-order valence-electron chi connectivity index (χ4n) is 4.72. The highest BCUT2D eigenvalue weighted by molar-refractivity contribution is 7.10. The van der Waals surface area contributed by atoms with E-state index in [2.05, 4.69) is 141 Å². The zero-order valence-corrected chi connectivity index (χ0v) is 23.4. The van der Waals surface area contributed by atoms with Crippen LogP contribution < -0.4 is 15.7 Å². The Morgan fingerprint density at radius 2 is 1.39 bits per heavy atom. The maximum atomic E-state index is 7.00. The smallest absolute Gasteiger partial charge is 0.261 e. The molecule has 0 aliphatic carbocycles. The van der Waals surface area contributed by atoms with Gasteiger partial charge in [-0.25, -0.2) is 0 Å². The van der Waals surface area contributed by atoms with Gasteiger partial charge in [0.05, 0.1) is 0 Å². The maximum absolute atomic E-state index is 7.00. The van der Waals surface area contributed by atoms with E-state index in [4.69, 9.17) is 4.43 Å². The molecule has 0 spiro atoms. The molecule has 0 aliphatic rings. The molecule has 0 aliphatic heterocycles. The van der Waals surface area contributed by atoms with Crippen LogP contribution in [0, 0.1) is 0 Å². The summed E-state index contributed by atoms with van der Waals surface area (Å²) < 4.78 is 7.00. The molecule has 1 N–H and O–H groups in total. The minimum Gasteiger partial charge on any atom is -0.407 e. The summed E-state index contributed by atoms with van der Waals surface area (Å²) in [5, 5.41) is 8.38. The molecule has 0 saturated heterocycles. The predicted octanol–water partition coefficient (Wildman–Crippen LogP) is 7.69. The monoisotopic (exact) mass is 511 g/mol. The number of thiophene rings is 1. The molecular formula is C32H37NOSSi. The molecule has 36 heavy (non-hydrogen) atoms. The van der Waals surface area contributed by atoms with E-state index in [1.165, 1.54) is 20.8 Å². The highest BCUT2D eigenvalue weighted by Crippen LogP contribution is 2.36. The minimum absolute atomic E-state index is 0.0215. The normalized spacial score (nSPS) is 12.2. The fraction of sp³-hybridized carbons (Fsp3) is 0.250. The van der Waals surface area contributed by atoms with E-state index >= 15 is 0 Å². The van der Waals surface area contributed by atoms with E-state index in [1.54, 1.807) is 11.3 Å². The number of hydrogen-bond acceptors (Lipinski definition) is 3. The highest BCUT2D eigenvalue weighted by atomic mass is 32.1. The van der Waals surface area contributed by atoms with Crippen LogP contribution in [0.2, 0.25) is 5.04 Å². The Hall–Kier alpha value is -2.92. The van der Waals surface area contributed by atoms with Crippen LogP contribution in [0.15, 0.2) is 102 Å². The predicted molar refractivity (Wildman–Crippen MR) is 161 cm³/mol. The van der Waals surface area contributed by atoms with Gasteiger partial charge in [-0.2, -0.15) is 0 Å². The molecule has 0 atom stereocenters. The molecular weight excluding hydrogens is 475 g/mol. The average molecular weight is 512 g/mol. The first-order valence-corrected chi connectivity index (χ1v) is 15.6. The van der Waals surface area contributed by atoms with E-state index in [9.17, 15) is 0 Å². The van der Waals surface area contributed by atoms with E-state index in [-0.39, 0.29) is 5.04 Å². The maximum Gasteiger partial charge on any atom is 0.261 e. The molecule has 0 bridgehead atoms. The van der Waals surface area contributed by atoms with Crippen molar-refractivity contribution in [2.75, 3.05) is 18.5 Å². The largest absolute Gasteiger partial charge is 0.407 e. The van der Waals surface area contributed by atoms with Crippen molar-refractivity contribution in [3.63, 3.8) is 0 Å². The average Bonchev–Trinajstić information content (AvgIpc) is 3.42. The molecule has 4 aromatic rings. The lowest BCUT2D eigenvalue weighted by Gasteiger charge is -2.43. The van der Waals surface area contributed by atoms with Crippen LogP contribution in [0.3, 0.4) is 0 Å². The van der Waals surface area contributed by atoms with E-state index < -0.39 is 8.32 Å². The lowest BCUT2D eigenvalue weighted by molar-refractivity contribution is 0.290. The van der Waals surface area contributed by atoms with Gasteiger partial charge in [0.15, 0.2) is 0 Å². The zero-order chi connectivity index (χ0) is 25.3. The summed E-state index contributed by atoms with van der Waals surface area (Å²) >= 11 is 1.76. The van der Waals surface area contributed by atoms with Gasteiger partial charge in [0.25, 0.3) is 8.32 Å². The summed E-state index contributed by atoms with van der Waals surface area (Å²) in [6.07, 6.45) is 6.42. The molecule has 0 fully saturated rings. The SMILES string of the molecule is CC(C)(C)[Si](OCCCCNc1ccc(C=Cc2cccs2)cc1)(c1ccccc1)c1ccccc1. The van der Waals surface area contributed by atoms with E-state index in [0.717, 1.165) is 31.7 Å². The first kappa shape index (κ1) is 26.1. The lowest BCUT2D eigenvalue weighted by atomic mass is 10.2. The third-order valence-electron chi connectivity index (χ3n) is 6.53. The number of benzene rings is 3. The van der Waals surface area contributed by atoms with Crippen molar-refractivity contribution in [1.82, 2.24) is 0 Å². The highest BCUT2D eigenvalue weighted by Gasteiger charge is 2.49. The van der Waals surface area contributed by atoms with Gasteiger partial charge in [0, 0.05) is 23.7 Å². The second kappa shape index (κ2) is 12.4. The van der Waals surface area contributed by atoms with Crippen LogP contribution in [0.1, 0.15) is 44.1 Å². The summed E-state index contributed by atoms with van der Waals surface area (Å²) in [4.78, 5) is 1.28. The zero-order valence-electron chi connectivity index (χ0n) is 21.6. The fourth-order valence-corrected chi connectivity index (χ4v) is 9.95. The van der Waals surface area contributed by atoms with Gasteiger partial charge in [0.2, 0.25) is 0 Å². The van der Waals surface area contributed by atoms with Gasteiger partial charge in [-0.15, -0.1) is 11.3 Å². The Balaban J connectivity index is 1.33. The van der Waals surface area contributed by atoms with Crippen molar-refractivity contribution in [3.05, 3.63) is 113 Å². The van der Waals surface area contributed by atoms with Crippen LogP contribution in [0.25, 0.3) is 12.2 Å². The van der Waals surface area contributed by atoms with Crippen molar-refractivity contribution in [3.8, 4) is 0 Å². The van der Waals surface area contributed by atoms with Gasteiger partial charge in [-0.05, 0) is 63.5 Å². The number of unbranched alkanes of at least 4 members (excludes halogenated alkanes) is 1. The van der Waals surface area contributed by atoms with E-state index in [0.29, 0.717) is 0 Å². The van der Waals surface area contributed by atoms with Crippen LogP contribution in [-0.2, 0) is 4.43 Å². The van der Waals surface area contributed by atoms with Gasteiger partial charge in [-0.1, -0.05) is 106 Å². The first-order valence-electron chi connectivity index (χ1n) is 12.8. The number of rotatable bonds is 11. The molecule has 4 heteroatoms. The summed E-state index contributed by atoms with van der Waals surface area (Å²) in [6, 6.07) is 34.6.